The number of nitrogens with zero attached hydrogens (tertiary/aromatic N) is 6. The molecule has 3 fully saturated rings. The molecular weight excluding hydrogens is 526 g/mol. The van der Waals surface area contributed by atoms with E-state index in [4.69, 9.17) is 11.1 Å². The Morgan fingerprint density at radius 3 is 2.70 bits per heavy atom. The zero-order chi connectivity index (χ0) is 26.4. The van der Waals surface area contributed by atoms with Crippen molar-refractivity contribution in [1.29, 1.82) is 5.41 Å². The van der Waals surface area contributed by atoms with E-state index in [0.29, 0.717) is 37.2 Å². The van der Waals surface area contributed by atoms with Gasteiger partial charge in [0.2, 0.25) is 11.9 Å². The molecule has 1 aromatic rings. The van der Waals surface area contributed by atoms with Gasteiger partial charge in [-0.25, -0.2) is 9.78 Å². The van der Waals surface area contributed by atoms with E-state index in [-0.39, 0.29) is 34.4 Å². The fourth-order valence-electron chi connectivity index (χ4n) is 4.67. The van der Waals surface area contributed by atoms with Crippen LogP contribution >= 0.6 is 23.3 Å². The Balaban J connectivity index is 1.31. The number of nitroso groups, excluding NO2 is 1. The first-order valence-electron chi connectivity index (χ1n) is 11.1. The summed E-state index contributed by atoms with van der Waals surface area (Å²) in [7, 11) is 0. The molecule has 17 heteroatoms. The number of nitrogens with one attached hydrogen (secondary N) is 2. The first-order valence-corrected chi connectivity index (χ1v) is 12.9. The molecule has 0 radical (unpaired) electrons. The van der Waals surface area contributed by atoms with Gasteiger partial charge >= 0.3 is 5.97 Å². The third-order valence-electron chi connectivity index (χ3n) is 6.57. The number of aromatic nitrogens is 2. The van der Waals surface area contributed by atoms with Gasteiger partial charge in [-0.1, -0.05) is 0 Å². The molecule has 1 aromatic heterocycles. The van der Waals surface area contributed by atoms with Crippen LogP contribution in [0.3, 0.4) is 0 Å². The predicted octanol–water partition coefficient (Wildman–Crippen LogP) is -0.884. The minimum atomic E-state index is -1.60. The van der Waals surface area contributed by atoms with Crippen LogP contribution in [0.4, 0.5) is 5.13 Å². The van der Waals surface area contributed by atoms with Crippen molar-refractivity contribution in [1.82, 2.24) is 29.4 Å². The van der Waals surface area contributed by atoms with Gasteiger partial charge in [0.05, 0.1) is 12.4 Å². The van der Waals surface area contributed by atoms with Gasteiger partial charge in [-0.05, 0) is 23.2 Å². The summed E-state index contributed by atoms with van der Waals surface area (Å²) in [6, 6.07) is -2.66. The number of carboxylic acids is 1. The lowest BCUT2D eigenvalue weighted by Crippen LogP contribution is -2.70. The average Bonchev–Trinajstić information content (AvgIpc) is 3.42. The molecule has 0 saturated carbocycles. The summed E-state index contributed by atoms with van der Waals surface area (Å²) in [5.74, 6) is -3.04. The number of allylic oxidation sites excluding steroid dienone is 1. The Hall–Kier alpha value is -3.86. The van der Waals surface area contributed by atoms with Crippen molar-refractivity contribution in [3.8, 4) is 0 Å². The van der Waals surface area contributed by atoms with Gasteiger partial charge < -0.3 is 26.0 Å². The maximum atomic E-state index is 12.9. The van der Waals surface area contributed by atoms with E-state index in [1.807, 2.05) is 0 Å². The van der Waals surface area contributed by atoms with E-state index in [1.165, 1.54) is 18.1 Å². The predicted molar refractivity (Wildman–Crippen MR) is 131 cm³/mol. The topological polar surface area (TPSA) is 215 Å². The summed E-state index contributed by atoms with van der Waals surface area (Å²) < 4.78 is 3.81. The number of hydrogen-bond acceptors (Lipinski definition) is 12. The number of β-lactam (4-membered cyclic amide) rings is 1. The Labute approximate surface area is 217 Å². The molecule has 0 bridgehead atoms. The molecule has 15 nitrogen and oxygen atoms in total. The number of nitrogens with two attached hydrogens (primary N) is 1. The second-order valence-electron chi connectivity index (χ2n) is 8.73. The van der Waals surface area contributed by atoms with E-state index < -0.39 is 35.2 Å². The monoisotopic (exact) mass is 547 g/mol. The van der Waals surface area contributed by atoms with Crippen LogP contribution in [0.15, 0.2) is 28.1 Å². The fraction of sp³-hybridized carbons (Fsp3) is 0.450. The molecule has 5 heterocycles. The van der Waals surface area contributed by atoms with Crippen molar-refractivity contribution < 1.29 is 24.3 Å². The molecule has 5 N–H and O–H groups in total. The molecule has 3 unspecified atom stereocenters. The van der Waals surface area contributed by atoms with Gasteiger partial charge in [-0.15, -0.1) is 16.7 Å². The lowest BCUT2D eigenvalue weighted by molar-refractivity contribution is -0.150. The summed E-state index contributed by atoms with van der Waals surface area (Å²) in [6.07, 6.45) is 3.23. The number of carbonyl (C=O) groups is 4. The summed E-state index contributed by atoms with van der Waals surface area (Å²) in [4.78, 5) is 70.2. The molecule has 37 heavy (non-hydrogen) atoms. The smallest absolute Gasteiger partial charge is 0.352 e. The lowest BCUT2D eigenvalue weighted by atomic mass is 10.0. The summed E-state index contributed by atoms with van der Waals surface area (Å²) in [6.45, 7) is 1.69. The molecule has 4 aliphatic rings. The Morgan fingerprint density at radius 1 is 1.32 bits per heavy atom. The number of likely N-dealkylation sites (tertiary alicyclic amines) is 2. The largest absolute Gasteiger partial charge is 0.477 e. The lowest BCUT2D eigenvalue weighted by Gasteiger charge is -2.49. The van der Waals surface area contributed by atoms with Crippen LogP contribution in [-0.2, 0) is 19.2 Å². The molecule has 3 amide bonds. The van der Waals surface area contributed by atoms with Crippen molar-refractivity contribution in [3.05, 3.63) is 33.7 Å². The number of hydrogen-bond donors (Lipinski definition) is 4. The normalized spacial score (nSPS) is 25.5. The second kappa shape index (κ2) is 9.55. The quantitative estimate of drug-likeness (QED) is 0.103. The van der Waals surface area contributed by atoms with E-state index >= 15 is 0 Å². The second-order valence-corrected chi connectivity index (χ2v) is 10.6. The first kappa shape index (κ1) is 24.8. The molecule has 0 aliphatic carbocycles. The number of carboxylic acid groups (broad SMARTS) is 1. The van der Waals surface area contributed by atoms with Crippen molar-refractivity contribution in [3.63, 3.8) is 0 Å². The highest BCUT2D eigenvalue weighted by molar-refractivity contribution is 8.00. The van der Waals surface area contributed by atoms with Crippen LogP contribution in [0.5, 0.6) is 0 Å². The Bertz CT molecular complexity index is 1270. The third kappa shape index (κ3) is 4.22. The third-order valence-corrected chi connectivity index (χ3v) is 8.43. The van der Waals surface area contributed by atoms with Crippen LogP contribution in [0.1, 0.15) is 18.3 Å². The number of anilines is 1. The number of thioether (sulfide) groups is 1. The summed E-state index contributed by atoms with van der Waals surface area (Å²) in [5, 5.41) is 21.7. The average molecular weight is 548 g/mol. The van der Waals surface area contributed by atoms with Gasteiger partial charge in [0, 0.05) is 42.5 Å². The molecule has 194 valence electrons. The Kier molecular flexibility index (Phi) is 6.40. The number of carbonyl (C=O) groups excluding carboxylic acids is 3. The van der Waals surface area contributed by atoms with Crippen LogP contribution < -0.4 is 11.1 Å². The maximum Gasteiger partial charge on any atom is 0.352 e. The minimum absolute atomic E-state index is 0.0139. The van der Waals surface area contributed by atoms with Gasteiger partial charge in [0.25, 0.3) is 11.8 Å². The number of rotatable bonds is 8. The number of amides is 3. The number of aliphatic carboxylic acids is 1. The minimum Gasteiger partial charge on any atom is -0.477 e. The first-order chi connectivity index (χ1) is 17.7. The van der Waals surface area contributed by atoms with Gasteiger partial charge in [0.15, 0.2) is 11.0 Å². The van der Waals surface area contributed by atoms with Gasteiger partial charge in [-0.3, -0.25) is 24.7 Å². The van der Waals surface area contributed by atoms with Crippen LogP contribution in [0.2, 0.25) is 0 Å². The number of fused-ring (bicyclic) bond motifs is 1. The van der Waals surface area contributed by atoms with Gasteiger partial charge in [0.1, 0.15) is 17.1 Å². The number of nitrogen functional groups attached to an aromatic ring is 1. The molecular formula is C20H21N9O6S2. The fourth-order valence-corrected chi connectivity index (χ4v) is 6.44. The zero-order valence-electron chi connectivity index (χ0n) is 19.1. The highest BCUT2D eigenvalue weighted by Gasteiger charge is 2.54. The van der Waals surface area contributed by atoms with Crippen LogP contribution in [0.25, 0.3) is 0 Å². The molecule has 0 spiro atoms. The van der Waals surface area contributed by atoms with E-state index in [0.717, 1.165) is 16.4 Å². The van der Waals surface area contributed by atoms with Crippen molar-refractivity contribution in [2.24, 2.45) is 5.18 Å². The maximum absolute atomic E-state index is 12.9. The zero-order valence-corrected chi connectivity index (χ0v) is 20.7. The van der Waals surface area contributed by atoms with Crippen molar-refractivity contribution in [2.75, 3.05) is 31.1 Å². The highest BCUT2D eigenvalue weighted by Crippen LogP contribution is 2.41. The molecule has 3 saturated heterocycles. The van der Waals surface area contributed by atoms with Crippen molar-refractivity contribution >= 4 is 58.5 Å². The molecule has 4 aliphatic heterocycles. The summed E-state index contributed by atoms with van der Waals surface area (Å²) >= 11 is 2.03. The standard InChI is InChI=1S/C20H21N9O6S2/c21-7-27-4-10(5-27)28-2-1-8(16(28)31)3-9-6-36-18-12(17(32)29(18)13(9)19(33)34)23-15(30)11(25-35)14-24-20(22)37-26-14/h3,7,10-12,18,21H,1-2,4-6H2,(H,23,30)(H,33,34)(H2,22,24,26). The molecule has 0 aromatic carbocycles. The molecule has 3 atom stereocenters. The van der Waals surface area contributed by atoms with E-state index in [1.54, 1.807) is 15.9 Å². The summed E-state index contributed by atoms with van der Waals surface area (Å²) in [5.41, 5.74) is 6.05. The Morgan fingerprint density at radius 2 is 2.08 bits per heavy atom. The SMILES string of the molecule is N=CN1CC(N2CCC(=CC3=C(C(=O)O)N4C(=O)C(NC(=O)C(N=O)c5nsc(N)n5)C4SC3)C2=O)C1. The highest BCUT2D eigenvalue weighted by atomic mass is 32.2. The van der Waals surface area contributed by atoms with E-state index in [9.17, 15) is 29.2 Å². The van der Waals surface area contributed by atoms with Crippen LogP contribution in [0, 0.1) is 10.3 Å². The van der Waals surface area contributed by atoms with E-state index in [2.05, 4.69) is 19.9 Å². The molecule has 5 rings (SSSR count). The van der Waals surface area contributed by atoms with Crippen LogP contribution in [-0.4, -0.2) is 102 Å². The van der Waals surface area contributed by atoms with Gasteiger partial charge in [-0.2, -0.15) is 4.37 Å². The van der Waals surface area contributed by atoms with Crippen molar-refractivity contribution in [2.45, 2.75) is 29.9 Å².